The van der Waals surface area contributed by atoms with Crippen LogP contribution in [0, 0.1) is 17.2 Å². The van der Waals surface area contributed by atoms with Gasteiger partial charge in [-0.25, -0.2) is 0 Å². The molecule has 2 nitrogen and oxygen atoms in total. The fraction of sp³-hybridized carbons (Fsp3) is 0.462. The summed E-state index contributed by atoms with van der Waals surface area (Å²) in [5.74, 6) is 0.902. The molecular weight excluding hydrogens is 264 g/mol. The molecule has 0 radical (unpaired) electrons. The summed E-state index contributed by atoms with van der Waals surface area (Å²) in [6.07, 6.45) is 4.10. The van der Waals surface area contributed by atoms with Gasteiger partial charge in [0.15, 0.2) is 0 Å². The van der Waals surface area contributed by atoms with Crippen LogP contribution in [0.2, 0.25) is 0 Å². The van der Waals surface area contributed by atoms with Gasteiger partial charge in [-0.2, -0.15) is 5.26 Å². The molecule has 1 aromatic carbocycles. The maximum atomic E-state index is 8.89. The second-order valence-corrected chi connectivity index (χ2v) is 5.62. The third kappa shape index (κ3) is 1.53. The fourth-order valence-corrected chi connectivity index (χ4v) is 3.47. The Bertz CT molecular complexity index is 463. The quantitative estimate of drug-likeness (QED) is 0.787. The molecule has 3 rings (SSSR count). The molecule has 0 N–H and O–H groups in total. The Morgan fingerprint density at radius 3 is 2.81 bits per heavy atom. The Morgan fingerprint density at radius 2 is 2.25 bits per heavy atom. The standard InChI is InChI=1S/C13H13BrN2/c14-13-6-12(4-2-10(13)7-15)16-8-9-1-3-11(16)5-9/h2,4,6,9,11H,1,3,5,8H2. The van der Waals surface area contributed by atoms with Gasteiger partial charge in [0.1, 0.15) is 6.07 Å². The van der Waals surface area contributed by atoms with Crippen LogP contribution in [0.25, 0.3) is 0 Å². The van der Waals surface area contributed by atoms with Crippen molar-refractivity contribution in [2.24, 2.45) is 5.92 Å². The van der Waals surface area contributed by atoms with E-state index in [1.807, 2.05) is 6.07 Å². The molecule has 1 aromatic rings. The van der Waals surface area contributed by atoms with Crippen molar-refractivity contribution >= 4 is 21.6 Å². The zero-order valence-electron chi connectivity index (χ0n) is 8.99. The van der Waals surface area contributed by atoms with Crippen LogP contribution in [0.4, 0.5) is 5.69 Å². The maximum Gasteiger partial charge on any atom is 0.100 e. The minimum atomic E-state index is 0.716. The molecule has 2 bridgehead atoms. The average Bonchev–Trinajstić information content (AvgIpc) is 2.90. The van der Waals surface area contributed by atoms with Gasteiger partial charge in [0, 0.05) is 22.7 Å². The maximum absolute atomic E-state index is 8.89. The number of piperidine rings is 1. The minimum absolute atomic E-state index is 0.716. The van der Waals surface area contributed by atoms with E-state index in [-0.39, 0.29) is 0 Å². The summed E-state index contributed by atoms with van der Waals surface area (Å²) in [4.78, 5) is 2.50. The Morgan fingerprint density at radius 1 is 1.38 bits per heavy atom. The van der Waals surface area contributed by atoms with Gasteiger partial charge in [-0.05, 0) is 59.3 Å². The molecule has 16 heavy (non-hydrogen) atoms. The predicted octanol–water partition coefficient (Wildman–Crippen LogP) is 3.31. The molecule has 0 amide bonds. The first-order chi connectivity index (χ1) is 7.78. The molecule has 1 aliphatic carbocycles. The zero-order chi connectivity index (χ0) is 11.1. The van der Waals surface area contributed by atoms with Crippen molar-refractivity contribution in [3.8, 4) is 6.07 Å². The lowest BCUT2D eigenvalue weighted by molar-refractivity contribution is 0.553. The normalized spacial score (nSPS) is 27.1. The molecule has 1 aliphatic heterocycles. The number of nitriles is 1. The summed E-state index contributed by atoms with van der Waals surface area (Å²) >= 11 is 3.46. The monoisotopic (exact) mass is 276 g/mol. The van der Waals surface area contributed by atoms with E-state index in [0.717, 1.165) is 16.4 Å². The second-order valence-electron chi connectivity index (χ2n) is 4.76. The first kappa shape index (κ1) is 10.2. The summed E-state index contributed by atoms with van der Waals surface area (Å²) < 4.78 is 0.912. The average molecular weight is 277 g/mol. The Labute approximate surface area is 104 Å². The first-order valence-corrected chi connectivity index (χ1v) is 6.53. The van der Waals surface area contributed by atoms with Gasteiger partial charge >= 0.3 is 0 Å². The third-order valence-corrected chi connectivity index (χ3v) is 4.47. The molecule has 1 saturated heterocycles. The number of hydrogen-bond acceptors (Lipinski definition) is 2. The summed E-state index contributed by atoms with van der Waals surface area (Å²) in [5, 5.41) is 8.89. The predicted molar refractivity (Wildman–Crippen MR) is 67.3 cm³/mol. The van der Waals surface area contributed by atoms with Gasteiger partial charge in [0.25, 0.3) is 0 Å². The zero-order valence-corrected chi connectivity index (χ0v) is 10.6. The Hall–Kier alpha value is -1.01. The molecule has 2 aliphatic rings. The van der Waals surface area contributed by atoms with Gasteiger partial charge in [-0.15, -0.1) is 0 Å². The van der Waals surface area contributed by atoms with Crippen molar-refractivity contribution in [3.05, 3.63) is 28.2 Å². The van der Waals surface area contributed by atoms with Gasteiger partial charge in [-0.3, -0.25) is 0 Å². The highest BCUT2D eigenvalue weighted by Crippen LogP contribution is 2.40. The van der Waals surface area contributed by atoms with Crippen molar-refractivity contribution in [2.75, 3.05) is 11.4 Å². The van der Waals surface area contributed by atoms with E-state index in [1.165, 1.54) is 31.5 Å². The molecule has 2 unspecified atom stereocenters. The van der Waals surface area contributed by atoms with Crippen molar-refractivity contribution in [1.29, 1.82) is 5.26 Å². The topological polar surface area (TPSA) is 27.0 Å². The number of fused-ring (bicyclic) bond motifs is 2. The van der Waals surface area contributed by atoms with Crippen LogP contribution in [-0.2, 0) is 0 Å². The van der Waals surface area contributed by atoms with E-state index < -0.39 is 0 Å². The lowest BCUT2D eigenvalue weighted by Crippen LogP contribution is -2.31. The SMILES string of the molecule is N#Cc1ccc(N2CC3CCC2C3)cc1Br. The van der Waals surface area contributed by atoms with Crippen LogP contribution < -0.4 is 4.90 Å². The minimum Gasteiger partial charge on any atom is -0.368 e. The smallest absolute Gasteiger partial charge is 0.100 e. The lowest BCUT2D eigenvalue weighted by atomic mass is 10.1. The van der Waals surface area contributed by atoms with Gasteiger partial charge < -0.3 is 4.90 Å². The van der Waals surface area contributed by atoms with Crippen LogP contribution in [0.15, 0.2) is 22.7 Å². The number of hydrogen-bond donors (Lipinski definition) is 0. The van der Waals surface area contributed by atoms with E-state index in [4.69, 9.17) is 5.26 Å². The van der Waals surface area contributed by atoms with Crippen LogP contribution in [0.3, 0.4) is 0 Å². The first-order valence-electron chi connectivity index (χ1n) is 5.74. The Kier molecular flexibility index (Phi) is 2.40. The number of anilines is 1. The summed E-state index contributed by atoms with van der Waals surface area (Å²) in [5.41, 5.74) is 1.98. The van der Waals surface area contributed by atoms with Gasteiger partial charge in [0.2, 0.25) is 0 Å². The molecule has 1 saturated carbocycles. The van der Waals surface area contributed by atoms with Crippen molar-refractivity contribution in [1.82, 2.24) is 0 Å². The summed E-state index contributed by atoms with van der Waals surface area (Å²) in [7, 11) is 0. The van der Waals surface area contributed by atoms with Crippen LogP contribution in [0.5, 0.6) is 0 Å². The van der Waals surface area contributed by atoms with Crippen molar-refractivity contribution in [2.45, 2.75) is 25.3 Å². The highest BCUT2D eigenvalue weighted by Gasteiger charge is 2.37. The van der Waals surface area contributed by atoms with Crippen molar-refractivity contribution < 1.29 is 0 Å². The van der Waals surface area contributed by atoms with Crippen LogP contribution >= 0.6 is 15.9 Å². The van der Waals surface area contributed by atoms with E-state index >= 15 is 0 Å². The molecule has 2 fully saturated rings. The molecule has 0 spiro atoms. The molecule has 82 valence electrons. The Balaban J connectivity index is 1.91. The van der Waals surface area contributed by atoms with E-state index in [0.29, 0.717) is 5.56 Å². The number of nitrogens with zero attached hydrogens (tertiary/aromatic N) is 2. The number of benzene rings is 1. The van der Waals surface area contributed by atoms with Gasteiger partial charge in [-0.1, -0.05) is 0 Å². The third-order valence-electron chi connectivity index (χ3n) is 3.81. The largest absolute Gasteiger partial charge is 0.368 e. The van der Waals surface area contributed by atoms with E-state index in [1.54, 1.807) is 0 Å². The number of halogens is 1. The van der Waals surface area contributed by atoms with E-state index in [2.05, 4.69) is 39.0 Å². The lowest BCUT2D eigenvalue weighted by Gasteiger charge is -2.29. The van der Waals surface area contributed by atoms with Crippen LogP contribution in [0.1, 0.15) is 24.8 Å². The second kappa shape index (κ2) is 3.78. The highest BCUT2D eigenvalue weighted by atomic mass is 79.9. The van der Waals surface area contributed by atoms with Gasteiger partial charge in [0.05, 0.1) is 5.56 Å². The van der Waals surface area contributed by atoms with E-state index in [9.17, 15) is 0 Å². The molecule has 1 heterocycles. The summed E-state index contributed by atoms with van der Waals surface area (Å²) in [6, 6.07) is 8.99. The molecule has 3 heteroatoms. The summed E-state index contributed by atoms with van der Waals surface area (Å²) in [6.45, 7) is 1.20. The fourth-order valence-electron chi connectivity index (χ4n) is 3.01. The number of rotatable bonds is 1. The molecule has 2 atom stereocenters. The highest BCUT2D eigenvalue weighted by molar-refractivity contribution is 9.10. The molecule has 0 aromatic heterocycles. The molecular formula is C13H13BrN2. The van der Waals surface area contributed by atoms with Crippen molar-refractivity contribution in [3.63, 3.8) is 0 Å². The van der Waals surface area contributed by atoms with Crippen LogP contribution in [-0.4, -0.2) is 12.6 Å².